The van der Waals surface area contributed by atoms with Crippen molar-refractivity contribution in [3.05, 3.63) is 281 Å². The van der Waals surface area contributed by atoms with Crippen LogP contribution in [0.5, 0.6) is 0 Å². The third-order valence-corrected chi connectivity index (χ3v) is 15.7. The number of hydrogen-bond acceptors (Lipinski definition) is 1. The van der Waals surface area contributed by atoms with Gasteiger partial charge < -0.3 is 4.90 Å². The van der Waals surface area contributed by atoms with Crippen LogP contribution in [-0.4, -0.2) is 0 Å². The van der Waals surface area contributed by atoms with E-state index in [1.165, 1.54) is 100 Å². The quantitative estimate of drug-likeness (QED) is 0.154. The molecule has 10 aromatic rings. The van der Waals surface area contributed by atoms with Crippen molar-refractivity contribution in [3.8, 4) is 55.6 Å². The molecule has 0 spiro atoms. The smallest absolute Gasteiger partial charge is 0.0714 e. The normalized spacial score (nSPS) is 14.8. The van der Waals surface area contributed by atoms with E-state index in [4.69, 9.17) is 0 Å². The van der Waals surface area contributed by atoms with E-state index in [9.17, 15) is 0 Å². The monoisotopic (exact) mass is 869 g/mol. The Hall–Kier alpha value is -8.00. The van der Waals surface area contributed by atoms with Crippen molar-refractivity contribution in [2.45, 2.75) is 43.9 Å². The number of benzene rings is 10. The molecule has 0 fully saturated rings. The molecule has 68 heavy (non-hydrogen) atoms. The van der Waals surface area contributed by atoms with Crippen molar-refractivity contribution in [3.63, 3.8) is 0 Å². The van der Waals surface area contributed by atoms with Gasteiger partial charge in [-0.05, 0) is 137 Å². The van der Waals surface area contributed by atoms with Gasteiger partial charge in [-0.1, -0.05) is 228 Å². The van der Waals surface area contributed by atoms with Gasteiger partial charge in [0.15, 0.2) is 0 Å². The Morgan fingerprint density at radius 1 is 0.279 bits per heavy atom. The van der Waals surface area contributed by atoms with E-state index in [0.29, 0.717) is 0 Å². The zero-order chi connectivity index (χ0) is 45.8. The molecule has 324 valence electrons. The van der Waals surface area contributed by atoms with Gasteiger partial charge in [-0.15, -0.1) is 0 Å². The number of anilines is 3. The summed E-state index contributed by atoms with van der Waals surface area (Å²) in [4.78, 5) is 2.50. The van der Waals surface area contributed by atoms with E-state index in [2.05, 4.69) is 269 Å². The molecule has 0 amide bonds. The number of nitrogens with zero attached hydrogens (tertiary/aromatic N) is 1. The fourth-order valence-corrected chi connectivity index (χ4v) is 12.7. The van der Waals surface area contributed by atoms with E-state index in [1.807, 2.05) is 0 Å². The Morgan fingerprint density at radius 3 is 1.46 bits per heavy atom. The van der Waals surface area contributed by atoms with Crippen molar-refractivity contribution in [2.75, 3.05) is 4.90 Å². The molecule has 13 rings (SSSR count). The number of hydrogen-bond donors (Lipinski definition) is 0. The topological polar surface area (TPSA) is 3.24 Å². The molecule has 0 saturated carbocycles. The lowest BCUT2D eigenvalue weighted by Crippen LogP contribution is -2.28. The number of rotatable bonds is 7. The summed E-state index contributed by atoms with van der Waals surface area (Å²) in [6.45, 7) is 9.69. The zero-order valence-corrected chi connectivity index (χ0v) is 39.0. The van der Waals surface area contributed by atoms with Crippen molar-refractivity contribution in [2.24, 2.45) is 0 Å². The van der Waals surface area contributed by atoms with E-state index in [0.717, 1.165) is 17.1 Å². The molecule has 0 atom stereocenters. The molecule has 0 aromatic heterocycles. The van der Waals surface area contributed by atoms with Gasteiger partial charge in [0.05, 0.1) is 5.41 Å². The van der Waals surface area contributed by atoms with Gasteiger partial charge >= 0.3 is 0 Å². The third-order valence-electron chi connectivity index (χ3n) is 15.7. The summed E-state index contributed by atoms with van der Waals surface area (Å²) in [7, 11) is 0. The summed E-state index contributed by atoms with van der Waals surface area (Å²) >= 11 is 0. The minimum absolute atomic E-state index is 0.165. The van der Waals surface area contributed by atoms with Crippen molar-refractivity contribution in [1.82, 2.24) is 0 Å². The fourth-order valence-electron chi connectivity index (χ4n) is 12.7. The first kappa shape index (κ1) is 40.3. The Bertz CT molecular complexity index is 3570. The SMILES string of the molecule is CC1(C)c2cc(N(c3cccc(-c4ccccc4)c3)c3cccc(C4(c5ccccc5)c5ccccc5-c5ccccc54)c3)ccc2-c2c1ccc1c2-c2cccc(-c3ccccc3)c2C1(C)C. The summed E-state index contributed by atoms with van der Waals surface area (Å²) in [6, 6.07) is 88.4. The predicted octanol–water partition coefficient (Wildman–Crippen LogP) is 17.5. The van der Waals surface area contributed by atoms with Crippen LogP contribution in [0.15, 0.2) is 237 Å². The van der Waals surface area contributed by atoms with Gasteiger partial charge in [-0.25, -0.2) is 0 Å². The molecular formula is C67H51N. The van der Waals surface area contributed by atoms with Crippen LogP contribution in [0.4, 0.5) is 17.1 Å². The molecule has 0 saturated heterocycles. The van der Waals surface area contributed by atoms with Crippen LogP contribution < -0.4 is 4.90 Å². The zero-order valence-electron chi connectivity index (χ0n) is 39.0. The molecule has 10 aromatic carbocycles. The Kier molecular flexibility index (Phi) is 8.89. The summed E-state index contributed by atoms with van der Waals surface area (Å²) in [5, 5.41) is 0. The first-order valence-electron chi connectivity index (χ1n) is 24.1. The minimum atomic E-state index is -0.519. The second kappa shape index (κ2) is 15.0. The van der Waals surface area contributed by atoms with Crippen LogP contribution >= 0.6 is 0 Å². The molecule has 1 heteroatoms. The van der Waals surface area contributed by atoms with E-state index < -0.39 is 5.41 Å². The maximum Gasteiger partial charge on any atom is 0.0714 e. The Labute approximate surface area is 400 Å². The molecule has 3 aliphatic carbocycles. The lowest BCUT2D eigenvalue weighted by molar-refractivity contribution is 0.651. The molecular weight excluding hydrogens is 819 g/mol. The highest BCUT2D eigenvalue weighted by atomic mass is 15.1. The molecule has 0 unspecified atom stereocenters. The van der Waals surface area contributed by atoms with Crippen molar-refractivity contribution in [1.29, 1.82) is 0 Å². The average Bonchev–Trinajstić information content (AvgIpc) is 3.92. The van der Waals surface area contributed by atoms with Crippen LogP contribution in [0.25, 0.3) is 55.6 Å². The van der Waals surface area contributed by atoms with Crippen LogP contribution in [0, 0.1) is 0 Å². The maximum absolute atomic E-state index is 2.50. The average molecular weight is 870 g/mol. The molecule has 0 aliphatic heterocycles. The van der Waals surface area contributed by atoms with Gasteiger partial charge in [-0.3, -0.25) is 0 Å². The fraction of sp³-hybridized carbons (Fsp3) is 0.104. The van der Waals surface area contributed by atoms with E-state index in [-0.39, 0.29) is 10.8 Å². The van der Waals surface area contributed by atoms with Crippen LogP contribution in [-0.2, 0) is 16.2 Å². The van der Waals surface area contributed by atoms with Gasteiger partial charge in [0.2, 0.25) is 0 Å². The predicted molar refractivity (Wildman–Crippen MR) is 284 cm³/mol. The summed E-state index contributed by atoms with van der Waals surface area (Å²) in [6.07, 6.45) is 0. The molecule has 0 radical (unpaired) electrons. The van der Waals surface area contributed by atoms with Crippen molar-refractivity contribution >= 4 is 17.1 Å². The second-order valence-corrected chi connectivity index (χ2v) is 20.0. The molecule has 1 nitrogen and oxygen atoms in total. The van der Waals surface area contributed by atoms with Crippen LogP contribution in [0.3, 0.4) is 0 Å². The lowest BCUT2D eigenvalue weighted by Gasteiger charge is -2.35. The highest BCUT2D eigenvalue weighted by Crippen LogP contribution is 2.61. The van der Waals surface area contributed by atoms with Gasteiger partial charge in [0, 0.05) is 27.9 Å². The highest BCUT2D eigenvalue weighted by molar-refractivity contribution is 6.01. The van der Waals surface area contributed by atoms with E-state index in [1.54, 1.807) is 0 Å². The first-order valence-corrected chi connectivity index (χ1v) is 24.1. The second-order valence-electron chi connectivity index (χ2n) is 20.0. The van der Waals surface area contributed by atoms with Crippen LogP contribution in [0.1, 0.15) is 72.2 Å². The van der Waals surface area contributed by atoms with Gasteiger partial charge in [-0.2, -0.15) is 0 Å². The third kappa shape index (κ3) is 5.69. The summed E-state index contributed by atoms with van der Waals surface area (Å²) < 4.78 is 0. The summed E-state index contributed by atoms with van der Waals surface area (Å²) in [5.41, 5.74) is 26.1. The summed E-state index contributed by atoms with van der Waals surface area (Å²) in [5.74, 6) is 0. The van der Waals surface area contributed by atoms with E-state index >= 15 is 0 Å². The van der Waals surface area contributed by atoms with Crippen LogP contribution in [0.2, 0.25) is 0 Å². The maximum atomic E-state index is 2.50. The molecule has 0 bridgehead atoms. The molecule has 0 N–H and O–H groups in total. The lowest BCUT2D eigenvalue weighted by atomic mass is 9.67. The largest absolute Gasteiger partial charge is 0.310 e. The van der Waals surface area contributed by atoms with Crippen molar-refractivity contribution < 1.29 is 0 Å². The highest BCUT2D eigenvalue weighted by Gasteiger charge is 2.47. The Morgan fingerprint density at radius 2 is 0.765 bits per heavy atom. The number of fused-ring (bicyclic) bond motifs is 10. The Balaban J connectivity index is 1.02. The van der Waals surface area contributed by atoms with Gasteiger partial charge in [0.25, 0.3) is 0 Å². The van der Waals surface area contributed by atoms with Gasteiger partial charge in [0.1, 0.15) is 0 Å². The first-order chi connectivity index (χ1) is 33.3. The minimum Gasteiger partial charge on any atom is -0.310 e. The molecule has 3 aliphatic rings. The standard InChI is InChI=1S/C67H51N/c1-65(2)59-39-40-60-63(56-34-20-33-52(64(56)66(60,3)4)45-23-10-6-11-24-45)62(59)55-38-37-51(43-61(55)65)68(49-29-18-25-46(41-49)44-21-8-5-9-22-44)50-30-19-28-48(42-50)67(47-26-12-7-13-27-47)57-35-16-14-31-53(57)54-32-15-17-36-58(54)67/h5-43H,1-4H3. The molecule has 0 heterocycles.